The lowest BCUT2D eigenvalue weighted by Crippen LogP contribution is -2.39. The highest BCUT2D eigenvalue weighted by atomic mass is 35.5. The molecular weight excluding hydrogens is 428 g/mol. The Kier molecular flexibility index (Phi) is 6.28. The van der Waals surface area contributed by atoms with Crippen LogP contribution in [-0.2, 0) is 11.3 Å². The first-order valence-corrected chi connectivity index (χ1v) is 10.7. The molecule has 2 aromatic carbocycles. The van der Waals surface area contributed by atoms with E-state index in [1.807, 2.05) is 30.3 Å². The number of fused-ring (bicyclic) bond motifs is 1. The summed E-state index contributed by atoms with van der Waals surface area (Å²) in [5.41, 5.74) is 6.95. The minimum absolute atomic E-state index is 0.101. The Morgan fingerprint density at radius 1 is 1.25 bits per heavy atom. The Labute approximate surface area is 191 Å². The molecule has 1 aliphatic rings. The van der Waals surface area contributed by atoms with Crippen LogP contribution in [0.5, 0.6) is 5.75 Å². The number of piperidine rings is 1. The average molecular weight is 451 g/mol. The number of primary amides is 1. The van der Waals surface area contributed by atoms with Crippen LogP contribution in [0.4, 0.5) is 17.3 Å². The van der Waals surface area contributed by atoms with E-state index in [2.05, 4.69) is 25.3 Å². The summed E-state index contributed by atoms with van der Waals surface area (Å²) in [4.78, 5) is 17.2. The molecule has 32 heavy (non-hydrogen) atoms. The van der Waals surface area contributed by atoms with Crippen molar-refractivity contribution in [3.63, 3.8) is 0 Å². The normalized spacial score (nSPS) is 14.2. The summed E-state index contributed by atoms with van der Waals surface area (Å²) in [5, 5.41) is 14.5. The number of methoxy groups -OCH3 is 1. The van der Waals surface area contributed by atoms with Gasteiger partial charge in [-0.15, -0.1) is 10.2 Å². The Bertz CT molecular complexity index is 1200. The number of ether oxygens (including phenoxy) is 1. The molecule has 0 unspecified atom stereocenters. The Hall–Kier alpha value is -3.57. The van der Waals surface area contributed by atoms with Gasteiger partial charge in [0, 0.05) is 36.3 Å². The van der Waals surface area contributed by atoms with Gasteiger partial charge in [0.15, 0.2) is 17.3 Å². The largest absolute Gasteiger partial charge is 0.495 e. The van der Waals surface area contributed by atoms with Crippen LogP contribution in [0.15, 0.2) is 36.4 Å². The molecule has 0 saturated carbocycles. The molecule has 3 aromatic rings. The van der Waals surface area contributed by atoms with Gasteiger partial charge in [-0.05, 0) is 36.6 Å². The Morgan fingerprint density at radius 3 is 2.69 bits per heavy atom. The van der Waals surface area contributed by atoms with E-state index in [0.717, 1.165) is 22.2 Å². The third-order valence-corrected chi connectivity index (χ3v) is 6.04. The van der Waals surface area contributed by atoms with Crippen molar-refractivity contribution in [1.82, 2.24) is 10.2 Å². The molecule has 0 aliphatic carbocycles. The molecule has 0 atom stereocenters. The van der Waals surface area contributed by atoms with Crippen molar-refractivity contribution in [3.8, 4) is 5.75 Å². The van der Waals surface area contributed by atoms with E-state index in [9.17, 15) is 4.79 Å². The second-order valence-electron chi connectivity index (χ2n) is 7.70. The molecule has 4 rings (SSSR count). The molecule has 0 bridgehead atoms. The maximum atomic E-state index is 11.5. The van der Waals surface area contributed by atoms with Crippen LogP contribution in [0.2, 0.25) is 5.02 Å². The highest BCUT2D eigenvalue weighted by molar-refractivity contribution is 6.32. The predicted octanol–water partition coefficient (Wildman–Crippen LogP) is 4.16. The van der Waals surface area contributed by atoms with Gasteiger partial charge in [-0.1, -0.05) is 29.8 Å². The van der Waals surface area contributed by atoms with Gasteiger partial charge in [0.1, 0.15) is 5.75 Å². The zero-order chi connectivity index (χ0) is 22.7. The number of anilines is 2. The highest BCUT2D eigenvalue weighted by Gasteiger charge is 2.25. The van der Waals surface area contributed by atoms with Crippen LogP contribution in [0.1, 0.15) is 18.4 Å². The molecule has 8 nitrogen and oxygen atoms in total. The van der Waals surface area contributed by atoms with Crippen molar-refractivity contribution in [3.05, 3.63) is 58.4 Å². The minimum atomic E-state index is -0.250. The molecule has 164 valence electrons. The molecule has 1 amide bonds. The summed E-state index contributed by atoms with van der Waals surface area (Å²) >= 11 is 6.23. The zero-order valence-corrected chi connectivity index (χ0v) is 18.4. The maximum absolute atomic E-state index is 11.5. The Balaban J connectivity index is 1.62. The number of hydrogen-bond acceptors (Lipinski definition) is 6. The average Bonchev–Trinajstić information content (AvgIpc) is 2.82. The molecular formula is C23H23ClN6O2. The molecule has 1 saturated heterocycles. The molecule has 0 spiro atoms. The molecule has 1 aromatic heterocycles. The molecule has 3 N–H and O–H groups in total. The van der Waals surface area contributed by atoms with Gasteiger partial charge in [-0.2, -0.15) is 0 Å². The quantitative estimate of drug-likeness (QED) is 0.547. The molecule has 1 aliphatic heterocycles. The number of nitrogens with one attached hydrogen (secondary N) is 1. The van der Waals surface area contributed by atoms with E-state index in [-0.39, 0.29) is 11.8 Å². The first kappa shape index (κ1) is 21.7. The minimum Gasteiger partial charge on any atom is -0.495 e. The summed E-state index contributed by atoms with van der Waals surface area (Å²) < 4.78 is 5.20. The van der Waals surface area contributed by atoms with Crippen molar-refractivity contribution in [2.75, 3.05) is 30.4 Å². The topological polar surface area (TPSA) is 97.7 Å². The van der Waals surface area contributed by atoms with Crippen LogP contribution >= 0.6 is 11.6 Å². The highest BCUT2D eigenvalue weighted by Crippen LogP contribution is 2.34. The number of aromatic nitrogens is 2. The van der Waals surface area contributed by atoms with E-state index >= 15 is 0 Å². The number of carbonyl (C=O) groups is 1. The van der Waals surface area contributed by atoms with Crippen LogP contribution < -0.4 is 20.7 Å². The summed E-state index contributed by atoms with van der Waals surface area (Å²) in [6.07, 6.45) is 1.38. The van der Waals surface area contributed by atoms with Crippen molar-refractivity contribution < 1.29 is 9.53 Å². The first-order valence-electron chi connectivity index (χ1n) is 10.3. The molecule has 0 radical (unpaired) electrons. The van der Waals surface area contributed by atoms with E-state index in [4.69, 9.17) is 28.6 Å². The lowest BCUT2D eigenvalue weighted by Gasteiger charge is -2.32. The number of benzene rings is 2. The SMILES string of the molecule is [C-]#[N+]c1ccc2c(N3CCC(C(N)=O)CC3)nnc(NCc3ccc(OC)c(Cl)c3)c2c1. The van der Waals surface area contributed by atoms with Crippen molar-refractivity contribution >= 4 is 45.6 Å². The van der Waals surface area contributed by atoms with Crippen molar-refractivity contribution in [2.45, 2.75) is 19.4 Å². The second-order valence-corrected chi connectivity index (χ2v) is 8.11. The Morgan fingerprint density at radius 2 is 2.03 bits per heavy atom. The summed E-state index contributed by atoms with van der Waals surface area (Å²) in [6, 6.07) is 11.1. The monoisotopic (exact) mass is 450 g/mol. The maximum Gasteiger partial charge on any atom is 0.220 e. The fraction of sp³-hybridized carbons (Fsp3) is 0.304. The van der Waals surface area contributed by atoms with Gasteiger partial charge < -0.3 is 20.7 Å². The van der Waals surface area contributed by atoms with E-state index in [1.165, 1.54) is 0 Å². The molecule has 9 heteroatoms. The molecule has 2 heterocycles. The zero-order valence-electron chi connectivity index (χ0n) is 17.6. The number of nitrogens with zero attached hydrogens (tertiary/aromatic N) is 4. The van der Waals surface area contributed by atoms with E-state index in [0.29, 0.717) is 54.8 Å². The molecule has 1 fully saturated rings. The number of rotatable bonds is 6. The van der Waals surface area contributed by atoms with Crippen LogP contribution in [0, 0.1) is 12.5 Å². The number of hydrogen-bond donors (Lipinski definition) is 2. The van der Waals surface area contributed by atoms with E-state index in [1.54, 1.807) is 13.2 Å². The van der Waals surface area contributed by atoms with Gasteiger partial charge in [-0.25, -0.2) is 4.85 Å². The van der Waals surface area contributed by atoms with Gasteiger partial charge in [0.2, 0.25) is 5.91 Å². The van der Waals surface area contributed by atoms with Crippen LogP contribution in [0.25, 0.3) is 15.6 Å². The third kappa shape index (κ3) is 4.39. The predicted molar refractivity (Wildman–Crippen MR) is 125 cm³/mol. The van der Waals surface area contributed by atoms with Crippen molar-refractivity contribution in [1.29, 1.82) is 0 Å². The smallest absolute Gasteiger partial charge is 0.220 e. The number of nitrogens with two attached hydrogens (primary N) is 1. The van der Waals surface area contributed by atoms with Crippen LogP contribution in [0.3, 0.4) is 0 Å². The fourth-order valence-corrected chi connectivity index (χ4v) is 4.22. The number of amides is 1. The van der Waals surface area contributed by atoms with Crippen LogP contribution in [-0.4, -0.2) is 36.3 Å². The first-order chi connectivity index (χ1) is 15.5. The standard InChI is InChI=1S/C23H23ClN6O2/c1-26-16-4-5-17-18(12-16)22(27-13-14-3-6-20(32-2)19(24)11-14)28-29-23(17)30-9-7-15(8-10-30)21(25)31/h3-6,11-12,15H,7-10,13H2,2H3,(H2,25,31)(H,27,28). The fourth-order valence-electron chi connectivity index (χ4n) is 3.94. The van der Waals surface area contributed by atoms with Gasteiger partial charge in [0.25, 0.3) is 0 Å². The third-order valence-electron chi connectivity index (χ3n) is 5.75. The van der Waals surface area contributed by atoms with Gasteiger partial charge in [0.05, 0.1) is 18.7 Å². The van der Waals surface area contributed by atoms with Gasteiger partial charge >= 0.3 is 0 Å². The van der Waals surface area contributed by atoms with E-state index < -0.39 is 0 Å². The number of halogens is 1. The van der Waals surface area contributed by atoms with Gasteiger partial charge in [-0.3, -0.25) is 4.79 Å². The summed E-state index contributed by atoms with van der Waals surface area (Å²) in [7, 11) is 1.58. The lowest BCUT2D eigenvalue weighted by atomic mass is 9.96. The summed E-state index contributed by atoms with van der Waals surface area (Å²) in [5.74, 6) is 1.61. The van der Waals surface area contributed by atoms with Crippen molar-refractivity contribution in [2.24, 2.45) is 11.7 Å². The number of carbonyl (C=O) groups excluding carboxylic acids is 1. The summed E-state index contributed by atoms with van der Waals surface area (Å²) in [6.45, 7) is 9.23. The second kappa shape index (κ2) is 9.28. The lowest BCUT2D eigenvalue weighted by molar-refractivity contribution is -0.122.